The molecule has 0 N–H and O–H groups in total. The molecule has 0 saturated carbocycles. The highest BCUT2D eigenvalue weighted by atomic mass is 32.1. The van der Waals surface area contributed by atoms with Gasteiger partial charge in [0.15, 0.2) is 0 Å². The van der Waals surface area contributed by atoms with Gasteiger partial charge in [0.05, 0.1) is 16.8 Å². The standard InChI is InChI=1S/C14H11N5O2S2/c1-10-17-18(11-4-6-12(7-5-11)19(20)21)14(23-10)16-15-9-13-3-2-8-22-13/h2-9H,1H3. The zero-order valence-corrected chi connectivity index (χ0v) is 13.6. The van der Waals surface area contributed by atoms with Crippen LogP contribution in [0, 0.1) is 17.0 Å². The third kappa shape index (κ3) is 3.58. The van der Waals surface area contributed by atoms with E-state index in [4.69, 9.17) is 0 Å². The number of aryl methyl sites for hydroxylation is 1. The van der Waals surface area contributed by atoms with Gasteiger partial charge in [-0.1, -0.05) is 17.4 Å². The van der Waals surface area contributed by atoms with Gasteiger partial charge in [0.1, 0.15) is 5.01 Å². The molecule has 116 valence electrons. The molecule has 9 heteroatoms. The largest absolute Gasteiger partial charge is 0.269 e. The van der Waals surface area contributed by atoms with Crippen molar-refractivity contribution in [3.8, 4) is 5.69 Å². The molecule has 0 radical (unpaired) electrons. The van der Waals surface area contributed by atoms with Gasteiger partial charge in [-0.3, -0.25) is 10.1 Å². The summed E-state index contributed by atoms with van der Waals surface area (Å²) in [6, 6.07) is 10.1. The van der Waals surface area contributed by atoms with Crippen molar-refractivity contribution in [1.82, 2.24) is 9.78 Å². The number of non-ortho nitro benzene ring substituents is 1. The van der Waals surface area contributed by atoms with E-state index in [1.807, 2.05) is 24.4 Å². The first-order valence-corrected chi connectivity index (χ1v) is 8.25. The van der Waals surface area contributed by atoms with E-state index in [1.165, 1.54) is 23.5 Å². The van der Waals surface area contributed by atoms with E-state index >= 15 is 0 Å². The van der Waals surface area contributed by atoms with Crippen molar-refractivity contribution in [3.63, 3.8) is 0 Å². The normalized spacial score (nSPS) is 12.1. The Bertz CT molecular complexity index is 908. The van der Waals surface area contributed by atoms with Crippen LogP contribution < -0.4 is 4.80 Å². The highest BCUT2D eigenvalue weighted by molar-refractivity contribution is 7.11. The zero-order valence-electron chi connectivity index (χ0n) is 12.0. The first-order chi connectivity index (χ1) is 11.1. The van der Waals surface area contributed by atoms with E-state index in [-0.39, 0.29) is 5.69 Å². The lowest BCUT2D eigenvalue weighted by molar-refractivity contribution is -0.384. The van der Waals surface area contributed by atoms with Gasteiger partial charge in [-0.25, -0.2) is 4.68 Å². The van der Waals surface area contributed by atoms with Crippen molar-refractivity contribution in [3.05, 3.63) is 66.6 Å². The Labute approximate surface area is 139 Å². The minimum Gasteiger partial charge on any atom is -0.258 e. The van der Waals surface area contributed by atoms with Gasteiger partial charge in [0.2, 0.25) is 4.80 Å². The molecule has 0 saturated heterocycles. The summed E-state index contributed by atoms with van der Waals surface area (Å²) in [5.41, 5.74) is 0.737. The number of hydrogen-bond acceptors (Lipinski definition) is 7. The van der Waals surface area contributed by atoms with Gasteiger partial charge in [-0.05, 0) is 30.5 Å². The molecule has 0 aliphatic rings. The van der Waals surface area contributed by atoms with Crippen LogP contribution in [0.5, 0.6) is 0 Å². The van der Waals surface area contributed by atoms with Crippen molar-refractivity contribution < 1.29 is 4.92 Å². The van der Waals surface area contributed by atoms with Crippen LogP contribution in [-0.4, -0.2) is 20.9 Å². The molecular formula is C14H11N5O2S2. The lowest BCUT2D eigenvalue weighted by atomic mass is 10.3. The Morgan fingerprint density at radius 2 is 2.09 bits per heavy atom. The van der Waals surface area contributed by atoms with Gasteiger partial charge in [0.25, 0.3) is 5.69 Å². The summed E-state index contributed by atoms with van der Waals surface area (Å²) in [4.78, 5) is 11.9. The average Bonchev–Trinajstić information content (AvgIpc) is 3.17. The van der Waals surface area contributed by atoms with Crippen molar-refractivity contribution in [2.24, 2.45) is 10.2 Å². The predicted molar refractivity (Wildman–Crippen MR) is 90.3 cm³/mol. The van der Waals surface area contributed by atoms with Crippen LogP contribution in [-0.2, 0) is 0 Å². The molecular weight excluding hydrogens is 334 g/mol. The second kappa shape index (κ2) is 6.63. The fraction of sp³-hybridized carbons (Fsp3) is 0.0714. The van der Waals surface area contributed by atoms with Crippen molar-refractivity contribution in [2.75, 3.05) is 0 Å². The minimum atomic E-state index is -0.433. The van der Waals surface area contributed by atoms with Crippen LogP contribution in [0.1, 0.15) is 9.88 Å². The molecule has 0 aliphatic heterocycles. The van der Waals surface area contributed by atoms with Gasteiger partial charge in [-0.2, -0.15) is 10.2 Å². The zero-order chi connectivity index (χ0) is 16.2. The summed E-state index contributed by atoms with van der Waals surface area (Å²) in [7, 11) is 0. The maximum absolute atomic E-state index is 10.7. The summed E-state index contributed by atoms with van der Waals surface area (Å²) >= 11 is 2.97. The number of rotatable bonds is 4. The van der Waals surface area contributed by atoms with E-state index in [9.17, 15) is 10.1 Å². The smallest absolute Gasteiger partial charge is 0.258 e. The monoisotopic (exact) mass is 345 g/mol. The Hall–Kier alpha value is -2.65. The second-order valence-corrected chi connectivity index (χ2v) is 6.59. The third-order valence-corrected chi connectivity index (χ3v) is 4.46. The van der Waals surface area contributed by atoms with E-state index in [2.05, 4.69) is 15.3 Å². The Balaban J connectivity index is 1.95. The van der Waals surface area contributed by atoms with Gasteiger partial charge >= 0.3 is 0 Å². The second-order valence-electron chi connectivity index (χ2n) is 4.45. The van der Waals surface area contributed by atoms with Crippen LogP contribution in [0.4, 0.5) is 5.69 Å². The molecule has 0 unspecified atom stereocenters. The fourth-order valence-corrected chi connectivity index (χ4v) is 3.11. The first kappa shape index (κ1) is 15.3. The molecule has 0 aliphatic carbocycles. The number of thiophene rings is 1. The van der Waals surface area contributed by atoms with Crippen LogP contribution in [0.15, 0.2) is 52.0 Å². The highest BCUT2D eigenvalue weighted by Gasteiger charge is 2.08. The third-order valence-electron chi connectivity index (χ3n) is 2.84. The van der Waals surface area contributed by atoms with Crippen LogP contribution >= 0.6 is 22.7 Å². The summed E-state index contributed by atoms with van der Waals surface area (Å²) < 4.78 is 1.62. The first-order valence-electron chi connectivity index (χ1n) is 6.55. The summed E-state index contributed by atoms with van der Waals surface area (Å²) in [5.74, 6) is 0. The van der Waals surface area contributed by atoms with E-state index in [0.29, 0.717) is 10.5 Å². The molecule has 0 spiro atoms. The summed E-state index contributed by atoms with van der Waals surface area (Å²) in [5, 5.41) is 26.2. The molecule has 7 nitrogen and oxygen atoms in total. The van der Waals surface area contributed by atoms with Gasteiger partial charge in [0, 0.05) is 17.0 Å². The molecule has 1 aromatic carbocycles. The quantitative estimate of drug-likeness (QED) is 0.413. The number of benzene rings is 1. The van der Waals surface area contributed by atoms with E-state index in [1.54, 1.807) is 34.4 Å². The lowest BCUT2D eigenvalue weighted by Gasteiger charge is -1.99. The molecule has 2 heterocycles. The number of nitrogens with zero attached hydrogens (tertiary/aromatic N) is 5. The molecule has 0 atom stereocenters. The molecule has 0 fully saturated rings. The van der Waals surface area contributed by atoms with Crippen LogP contribution in [0.3, 0.4) is 0 Å². The summed E-state index contributed by atoms with van der Waals surface area (Å²) in [6.07, 6.45) is 1.68. The molecule has 23 heavy (non-hydrogen) atoms. The van der Waals surface area contributed by atoms with Gasteiger partial charge in [-0.15, -0.1) is 16.4 Å². The maximum atomic E-state index is 10.7. The Morgan fingerprint density at radius 3 is 2.74 bits per heavy atom. The predicted octanol–water partition coefficient (Wildman–Crippen LogP) is 3.15. The molecule has 3 rings (SSSR count). The SMILES string of the molecule is Cc1nn(-c2ccc([N+](=O)[O-])cc2)c(=NN=Cc2cccs2)s1. The maximum Gasteiger partial charge on any atom is 0.269 e. The molecule has 3 aromatic rings. The van der Waals surface area contributed by atoms with E-state index < -0.39 is 4.92 Å². The number of hydrogen-bond donors (Lipinski definition) is 0. The minimum absolute atomic E-state index is 0.0375. The molecule has 0 bridgehead atoms. The number of aromatic nitrogens is 2. The van der Waals surface area contributed by atoms with Crippen molar-refractivity contribution in [1.29, 1.82) is 0 Å². The van der Waals surface area contributed by atoms with Gasteiger partial charge < -0.3 is 0 Å². The lowest BCUT2D eigenvalue weighted by Crippen LogP contribution is -2.13. The fourth-order valence-electron chi connectivity index (χ4n) is 1.83. The van der Waals surface area contributed by atoms with E-state index in [0.717, 1.165) is 9.88 Å². The highest BCUT2D eigenvalue weighted by Crippen LogP contribution is 2.14. The summed E-state index contributed by atoms with van der Waals surface area (Å²) in [6.45, 7) is 1.87. The molecule has 2 aromatic heterocycles. The Kier molecular flexibility index (Phi) is 4.40. The van der Waals surface area contributed by atoms with Crippen LogP contribution in [0.25, 0.3) is 5.69 Å². The van der Waals surface area contributed by atoms with Crippen molar-refractivity contribution in [2.45, 2.75) is 6.92 Å². The van der Waals surface area contributed by atoms with Crippen molar-refractivity contribution >= 4 is 34.6 Å². The Morgan fingerprint density at radius 1 is 1.30 bits per heavy atom. The number of nitro benzene ring substituents is 1. The topological polar surface area (TPSA) is 85.7 Å². The van der Waals surface area contributed by atoms with Crippen LogP contribution in [0.2, 0.25) is 0 Å². The average molecular weight is 345 g/mol. The molecule has 0 amide bonds. The number of nitro groups is 1.